The Morgan fingerprint density at radius 2 is 1.80 bits per heavy atom. The smallest absolute Gasteiger partial charge is 0.418 e. The van der Waals surface area contributed by atoms with Gasteiger partial charge in [-0.25, -0.2) is 9.78 Å². The number of alkyl halides is 3. The zero-order valence-electron chi connectivity index (χ0n) is 12.2. The number of rotatable bonds is 2. The van der Waals surface area contributed by atoms with Crippen molar-refractivity contribution in [3.63, 3.8) is 0 Å². The number of aromatic carboxylic acids is 1. The minimum Gasteiger partial charge on any atom is -0.478 e. The van der Waals surface area contributed by atoms with E-state index in [2.05, 4.69) is 4.98 Å². The molecule has 0 saturated heterocycles. The summed E-state index contributed by atoms with van der Waals surface area (Å²) < 4.78 is 39.9. The Hall–Kier alpha value is -2.31. The highest BCUT2D eigenvalue weighted by molar-refractivity contribution is 6.36. The van der Waals surface area contributed by atoms with E-state index in [9.17, 15) is 23.1 Å². The molecule has 3 rings (SSSR count). The van der Waals surface area contributed by atoms with Gasteiger partial charge >= 0.3 is 12.1 Å². The van der Waals surface area contributed by atoms with Crippen molar-refractivity contribution in [1.82, 2.24) is 4.98 Å². The summed E-state index contributed by atoms with van der Waals surface area (Å²) in [5.41, 5.74) is -1.46. The molecule has 0 amide bonds. The van der Waals surface area contributed by atoms with Gasteiger partial charge < -0.3 is 5.11 Å². The summed E-state index contributed by atoms with van der Waals surface area (Å²) in [6.07, 6.45) is -4.68. The highest BCUT2D eigenvalue weighted by atomic mass is 35.5. The molecule has 0 aliphatic carbocycles. The molecule has 3 nitrogen and oxygen atoms in total. The van der Waals surface area contributed by atoms with Gasteiger partial charge in [-0.1, -0.05) is 35.3 Å². The number of pyridine rings is 1. The summed E-state index contributed by atoms with van der Waals surface area (Å²) in [4.78, 5) is 15.6. The third-order valence-electron chi connectivity index (χ3n) is 3.58. The summed E-state index contributed by atoms with van der Waals surface area (Å²) in [5.74, 6) is -1.36. The average Bonchev–Trinajstić information content (AvgIpc) is 2.52. The standard InChI is InChI=1S/C17H8Cl2F3NO2/c18-8-4-5-10(13(19)6-8)14-7-11(16(24)25)9-2-1-3-12(15(9)23-14)17(20,21)22/h1-7H,(H,24,25). The number of para-hydroxylation sites is 1. The molecule has 0 aliphatic rings. The van der Waals surface area contributed by atoms with Crippen LogP contribution in [0, 0.1) is 0 Å². The van der Waals surface area contributed by atoms with Crippen LogP contribution in [0.5, 0.6) is 0 Å². The largest absolute Gasteiger partial charge is 0.478 e. The van der Waals surface area contributed by atoms with Gasteiger partial charge in [0.2, 0.25) is 0 Å². The zero-order chi connectivity index (χ0) is 18.4. The number of nitrogens with zero attached hydrogens (tertiary/aromatic N) is 1. The molecule has 3 aromatic rings. The van der Waals surface area contributed by atoms with Crippen LogP contribution in [0.15, 0.2) is 42.5 Å². The Kier molecular flexibility index (Phi) is 4.34. The molecule has 1 heterocycles. The number of fused-ring (bicyclic) bond motifs is 1. The van der Waals surface area contributed by atoms with E-state index in [-0.39, 0.29) is 27.2 Å². The van der Waals surface area contributed by atoms with Crippen molar-refractivity contribution in [1.29, 1.82) is 0 Å². The molecule has 0 bridgehead atoms. The van der Waals surface area contributed by atoms with Gasteiger partial charge in [0.25, 0.3) is 0 Å². The maximum atomic E-state index is 13.3. The third kappa shape index (κ3) is 3.27. The second kappa shape index (κ2) is 6.20. The van der Waals surface area contributed by atoms with Crippen molar-refractivity contribution in [2.45, 2.75) is 6.18 Å². The predicted molar refractivity (Wildman–Crippen MR) is 89.2 cm³/mol. The van der Waals surface area contributed by atoms with Gasteiger partial charge in [0.05, 0.1) is 27.4 Å². The van der Waals surface area contributed by atoms with Crippen molar-refractivity contribution in [3.05, 3.63) is 63.6 Å². The number of halogens is 5. The van der Waals surface area contributed by atoms with Gasteiger partial charge in [0.1, 0.15) is 0 Å². The van der Waals surface area contributed by atoms with Crippen LogP contribution in [-0.2, 0) is 6.18 Å². The number of carboxylic acid groups (broad SMARTS) is 1. The fourth-order valence-electron chi connectivity index (χ4n) is 2.49. The summed E-state index contributed by atoms with van der Waals surface area (Å²) in [7, 11) is 0. The van der Waals surface area contributed by atoms with Gasteiger partial charge in [-0.3, -0.25) is 0 Å². The Morgan fingerprint density at radius 1 is 1.08 bits per heavy atom. The van der Waals surface area contributed by atoms with E-state index in [1.807, 2.05) is 0 Å². The second-order valence-electron chi connectivity index (χ2n) is 5.18. The van der Waals surface area contributed by atoms with Crippen molar-refractivity contribution >= 4 is 40.1 Å². The number of carbonyl (C=O) groups is 1. The highest BCUT2D eigenvalue weighted by Gasteiger charge is 2.34. The van der Waals surface area contributed by atoms with Crippen LogP contribution in [0.2, 0.25) is 10.0 Å². The van der Waals surface area contributed by atoms with E-state index in [0.717, 1.165) is 12.1 Å². The Balaban J connectivity index is 2.40. The molecule has 8 heteroatoms. The average molecular weight is 386 g/mol. The molecule has 0 radical (unpaired) electrons. The molecule has 0 spiro atoms. The molecule has 0 saturated carbocycles. The van der Waals surface area contributed by atoms with Gasteiger partial charge in [-0.15, -0.1) is 0 Å². The molecular formula is C17H8Cl2F3NO2. The summed E-state index contributed by atoms with van der Waals surface area (Å²) in [5, 5.41) is 9.79. The molecule has 1 aromatic heterocycles. The monoisotopic (exact) mass is 385 g/mol. The maximum absolute atomic E-state index is 13.3. The topological polar surface area (TPSA) is 50.2 Å². The van der Waals surface area contributed by atoms with E-state index in [0.29, 0.717) is 5.02 Å². The minimum absolute atomic E-state index is 0.0169. The summed E-state index contributed by atoms with van der Waals surface area (Å²) in [6, 6.07) is 8.85. The maximum Gasteiger partial charge on any atom is 0.418 e. The van der Waals surface area contributed by atoms with Crippen LogP contribution in [0.3, 0.4) is 0 Å². The molecule has 25 heavy (non-hydrogen) atoms. The normalized spacial score (nSPS) is 11.7. The van der Waals surface area contributed by atoms with Crippen LogP contribution in [0.25, 0.3) is 22.2 Å². The first kappa shape index (κ1) is 17.5. The zero-order valence-corrected chi connectivity index (χ0v) is 13.7. The second-order valence-corrected chi connectivity index (χ2v) is 6.03. The van der Waals surface area contributed by atoms with Gasteiger partial charge in [0.15, 0.2) is 0 Å². The van der Waals surface area contributed by atoms with Crippen LogP contribution in [0.4, 0.5) is 13.2 Å². The van der Waals surface area contributed by atoms with E-state index in [4.69, 9.17) is 23.2 Å². The van der Waals surface area contributed by atoms with Gasteiger partial charge in [0, 0.05) is 16.0 Å². The first-order chi connectivity index (χ1) is 11.7. The molecule has 0 unspecified atom stereocenters. The Bertz CT molecular complexity index is 1000. The first-order valence-corrected chi connectivity index (χ1v) is 7.64. The third-order valence-corrected chi connectivity index (χ3v) is 4.13. The SMILES string of the molecule is O=C(O)c1cc(-c2ccc(Cl)cc2Cl)nc2c(C(F)(F)F)cccc12. The van der Waals surface area contributed by atoms with Crippen LogP contribution >= 0.6 is 23.2 Å². The van der Waals surface area contributed by atoms with Crippen molar-refractivity contribution in [3.8, 4) is 11.3 Å². The van der Waals surface area contributed by atoms with E-state index in [1.165, 1.54) is 30.3 Å². The Morgan fingerprint density at radius 3 is 2.40 bits per heavy atom. The number of aromatic nitrogens is 1. The number of hydrogen-bond acceptors (Lipinski definition) is 2. The van der Waals surface area contributed by atoms with Crippen LogP contribution < -0.4 is 0 Å². The molecule has 128 valence electrons. The molecule has 0 atom stereocenters. The lowest BCUT2D eigenvalue weighted by Crippen LogP contribution is -2.09. The molecule has 0 aliphatic heterocycles. The lowest BCUT2D eigenvalue weighted by atomic mass is 10.0. The van der Waals surface area contributed by atoms with E-state index in [1.54, 1.807) is 0 Å². The number of benzene rings is 2. The van der Waals surface area contributed by atoms with Crippen molar-refractivity contribution in [2.75, 3.05) is 0 Å². The highest BCUT2D eigenvalue weighted by Crippen LogP contribution is 2.37. The van der Waals surface area contributed by atoms with Crippen molar-refractivity contribution < 1.29 is 23.1 Å². The predicted octanol–water partition coefficient (Wildman–Crippen LogP) is 5.93. The summed E-state index contributed by atoms with van der Waals surface area (Å²) in [6.45, 7) is 0. The molecule has 2 aromatic carbocycles. The van der Waals surface area contributed by atoms with Gasteiger partial charge in [-0.2, -0.15) is 13.2 Å². The van der Waals surface area contributed by atoms with Crippen LogP contribution in [-0.4, -0.2) is 16.1 Å². The fourth-order valence-corrected chi connectivity index (χ4v) is 2.99. The number of hydrogen-bond donors (Lipinski definition) is 1. The fraction of sp³-hybridized carbons (Fsp3) is 0.0588. The summed E-state index contributed by atoms with van der Waals surface area (Å²) >= 11 is 11.9. The molecule has 1 N–H and O–H groups in total. The lowest BCUT2D eigenvalue weighted by Gasteiger charge is -2.13. The Labute approximate surface area is 149 Å². The quantitative estimate of drug-likeness (QED) is 0.594. The number of carboxylic acids is 1. The molecular weight excluding hydrogens is 378 g/mol. The van der Waals surface area contributed by atoms with E-state index < -0.39 is 23.2 Å². The first-order valence-electron chi connectivity index (χ1n) is 6.88. The van der Waals surface area contributed by atoms with E-state index >= 15 is 0 Å². The molecule has 0 fully saturated rings. The lowest BCUT2D eigenvalue weighted by molar-refractivity contribution is -0.136. The minimum atomic E-state index is -4.68. The van der Waals surface area contributed by atoms with Gasteiger partial charge in [-0.05, 0) is 30.3 Å². The van der Waals surface area contributed by atoms with Crippen molar-refractivity contribution in [2.24, 2.45) is 0 Å². The van der Waals surface area contributed by atoms with Crippen LogP contribution in [0.1, 0.15) is 15.9 Å².